The van der Waals surface area contributed by atoms with Crippen molar-refractivity contribution in [3.8, 4) is 5.75 Å². The zero-order chi connectivity index (χ0) is 13.2. The van der Waals surface area contributed by atoms with Gasteiger partial charge in [-0.25, -0.2) is 0 Å². The molecule has 0 spiro atoms. The number of rotatable bonds is 9. The molecule has 1 aromatic carbocycles. The Hall–Kier alpha value is -0.500. The summed E-state index contributed by atoms with van der Waals surface area (Å²) in [6.07, 6.45) is 6.20. The number of hydrogen-bond acceptors (Lipinski definition) is 1. The maximum atomic E-state index is 5.74. The van der Waals surface area contributed by atoms with Crippen LogP contribution in [0.2, 0.25) is 0 Å². The van der Waals surface area contributed by atoms with E-state index in [0.29, 0.717) is 5.92 Å². The quantitative estimate of drug-likeness (QED) is 0.430. The molecule has 0 aromatic heterocycles. The second-order valence-corrected chi connectivity index (χ2v) is 5.65. The lowest BCUT2D eigenvalue weighted by Crippen LogP contribution is -1.98. The van der Waals surface area contributed by atoms with E-state index in [-0.39, 0.29) is 0 Å². The molecule has 0 fully saturated rings. The molecule has 1 aromatic rings. The molecular formula is C16H25BrO. The predicted octanol–water partition coefficient (Wildman–Crippen LogP) is 5.53. The first-order chi connectivity index (χ1) is 8.77. The fraction of sp³-hybridized carbons (Fsp3) is 0.625. The molecule has 2 heteroatoms. The Morgan fingerprint density at radius 1 is 1.11 bits per heavy atom. The van der Waals surface area contributed by atoms with Crippen LogP contribution in [-0.4, -0.2) is 11.9 Å². The zero-order valence-corrected chi connectivity index (χ0v) is 13.2. The molecule has 0 bridgehead atoms. The van der Waals surface area contributed by atoms with E-state index < -0.39 is 0 Å². The minimum atomic E-state index is 0.614. The molecule has 0 aliphatic rings. The van der Waals surface area contributed by atoms with Gasteiger partial charge in [-0.05, 0) is 36.5 Å². The molecule has 18 heavy (non-hydrogen) atoms. The third-order valence-electron chi connectivity index (χ3n) is 3.26. The van der Waals surface area contributed by atoms with E-state index in [1.165, 1.54) is 31.2 Å². The molecule has 0 amide bonds. The number of benzene rings is 1. The van der Waals surface area contributed by atoms with Gasteiger partial charge in [-0.15, -0.1) is 0 Å². The van der Waals surface area contributed by atoms with E-state index in [1.807, 2.05) is 0 Å². The van der Waals surface area contributed by atoms with Crippen LogP contribution in [0, 0.1) is 0 Å². The van der Waals surface area contributed by atoms with Crippen LogP contribution in [0.5, 0.6) is 5.75 Å². The van der Waals surface area contributed by atoms with Gasteiger partial charge in [0.05, 0.1) is 6.61 Å². The fourth-order valence-corrected chi connectivity index (χ4v) is 2.63. The van der Waals surface area contributed by atoms with Gasteiger partial charge in [0.25, 0.3) is 0 Å². The first kappa shape index (κ1) is 15.6. The second kappa shape index (κ2) is 9.43. The van der Waals surface area contributed by atoms with Gasteiger partial charge in [-0.2, -0.15) is 0 Å². The Labute approximate surface area is 120 Å². The second-order valence-electron chi connectivity index (χ2n) is 4.86. The highest BCUT2D eigenvalue weighted by molar-refractivity contribution is 9.09. The van der Waals surface area contributed by atoms with E-state index in [2.05, 4.69) is 54.0 Å². The van der Waals surface area contributed by atoms with Gasteiger partial charge in [0, 0.05) is 5.33 Å². The molecule has 0 N–H and O–H groups in total. The van der Waals surface area contributed by atoms with Crippen molar-refractivity contribution in [1.29, 1.82) is 0 Å². The van der Waals surface area contributed by atoms with Gasteiger partial charge in [-0.3, -0.25) is 0 Å². The predicted molar refractivity (Wildman–Crippen MR) is 82.9 cm³/mol. The van der Waals surface area contributed by atoms with Crippen LogP contribution in [0.15, 0.2) is 24.3 Å². The van der Waals surface area contributed by atoms with Gasteiger partial charge in [0.1, 0.15) is 5.75 Å². The minimum absolute atomic E-state index is 0.614. The number of hydrogen-bond donors (Lipinski definition) is 0. The van der Waals surface area contributed by atoms with Gasteiger partial charge in [-0.1, -0.05) is 61.2 Å². The fourth-order valence-electron chi connectivity index (χ4n) is 1.94. The molecule has 1 rings (SSSR count). The largest absolute Gasteiger partial charge is 0.494 e. The lowest BCUT2D eigenvalue weighted by Gasteiger charge is -2.11. The Balaban J connectivity index is 2.31. The van der Waals surface area contributed by atoms with Crippen LogP contribution in [0.4, 0.5) is 0 Å². The van der Waals surface area contributed by atoms with Crippen LogP contribution in [0.1, 0.15) is 57.4 Å². The van der Waals surface area contributed by atoms with Crippen molar-refractivity contribution in [3.63, 3.8) is 0 Å². The van der Waals surface area contributed by atoms with Crippen molar-refractivity contribution in [2.45, 2.75) is 51.9 Å². The molecule has 1 nitrogen and oxygen atoms in total. The number of ether oxygens (including phenoxy) is 1. The van der Waals surface area contributed by atoms with Crippen molar-refractivity contribution >= 4 is 15.9 Å². The summed E-state index contributed by atoms with van der Waals surface area (Å²) < 4.78 is 5.74. The van der Waals surface area contributed by atoms with Gasteiger partial charge < -0.3 is 4.74 Å². The summed E-state index contributed by atoms with van der Waals surface area (Å²) in [6, 6.07) is 8.57. The third kappa shape index (κ3) is 5.90. The average molecular weight is 313 g/mol. The van der Waals surface area contributed by atoms with Crippen LogP contribution in [0.25, 0.3) is 0 Å². The van der Waals surface area contributed by atoms with Crippen LogP contribution >= 0.6 is 15.9 Å². The molecular weight excluding hydrogens is 288 g/mol. The summed E-state index contributed by atoms with van der Waals surface area (Å²) in [6.45, 7) is 5.34. The molecule has 0 heterocycles. The van der Waals surface area contributed by atoms with E-state index >= 15 is 0 Å². The van der Waals surface area contributed by atoms with Crippen molar-refractivity contribution in [2.75, 3.05) is 11.9 Å². The molecule has 102 valence electrons. The normalized spacial score (nSPS) is 12.4. The topological polar surface area (TPSA) is 9.23 Å². The zero-order valence-electron chi connectivity index (χ0n) is 11.6. The summed E-state index contributed by atoms with van der Waals surface area (Å²) in [5.41, 5.74) is 1.40. The van der Waals surface area contributed by atoms with Crippen LogP contribution < -0.4 is 4.74 Å². The SMILES string of the molecule is CCCCCCOc1ccc(C(C)CCBr)cc1. The first-order valence-electron chi connectivity index (χ1n) is 7.06. The lowest BCUT2D eigenvalue weighted by molar-refractivity contribution is 0.305. The molecule has 0 aliphatic heterocycles. The summed E-state index contributed by atoms with van der Waals surface area (Å²) in [7, 11) is 0. The highest BCUT2D eigenvalue weighted by Crippen LogP contribution is 2.22. The average Bonchev–Trinajstić information content (AvgIpc) is 2.39. The third-order valence-corrected chi connectivity index (χ3v) is 3.72. The molecule has 0 radical (unpaired) electrons. The highest BCUT2D eigenvalue weighted by Gasteiger charge is 2.04. The molecule has 1 unspecified atom stereocenters. The molecule has 0 aliphatic carbocycles. The van der Waals surface area contributed by atoms with Crippen molar-refractivity contribution in [1.82, 2.24) is 0 Å². The van der Waals surface area contributed by atoms with Gasteiger partial charge in [0.15, 0.2) is 0 Å². The molecule has 1 atom stereocenters. The van der Waals surface area contributed by atoms with Gasteiger partial charge in [0.2, 0.25) is 0 Å². The first-order valence-corrected chi connectivity index (χ1v) is 8.18. The van der Waals surface area contributed by atoms with Crippen LogP contribution in [-0.2, 0) is 0 Å². The summed E-state index contributed by atoms with van der Waals surface area (Å²) in [5, 5.41) is 1.06. The van der Waals surface area contributed by atoms with E-state index in [4.69, 9.17) is 4.74 Å². The van der Waals surface area contributed by atoms with Crippen molar-refractivity contribution in [2.24, 2.45) is 0 Å². The Bertz CT molecular complexity index is 307. The Morgan fingerprint density at radius 2 is 1.83 bits per heavy atom. The Kier molecular flexibility index (Phi) is 8.15. The van der Waals surface area contributed by atoms with E-state index in [0.717, 1.165) is 24.1 Å². The number of alkyl halides is 1. The standard InChI is InChI=1S/C16H25BrO/c1-3-4-5-6-13-18-16-9-7-15(8-10-16)14(2)11-12-17/h7-10,14H,3-6,11-13H2,1-2H3. The van der Waals surface area contributed by atoms with E-state index in [9.17, 15) is 0 Å². The van der Waals surface area contributed by atoms with Crippen molar-refractivity contribution < 1.29 is 4.74 Å². The Morgan fingerprint density at radius 3 is 2.44 bits per heavy atom. The maximum absolute atomic E-state index is 5.74. The van der Waals surface area contributed by atoms with Crippen molar-refractivity contribution in [3.05, 3.63) is 29.8 Å². The lowest BCUT2D eigenvalue weighted by atomic mass is 9.99. The van der Waals surface area contributed by atoms with E-state index in [1.54, 1.807) is 0 Å². The molecule has 0 saturated heterocycles. The minimum Gasteiger partial charge on any atom is -0.494 e. The number of halogens is 1. The van der Waals surface area contributed by atoms with Gasteiger partial charge >= 0.3 is 0 Å². The summed E-state index contributed by atoms with van der Waals surface area (Å²) in [5.74, 6) is 1.62. The summed E-state index contributed by atoms with van der Waals surface area (Å²) in [4.78, 5) is 0. The number of unbranched alkanes of at least 4 members (excludes halogenated alkanes) is 3. The maximum Gasteiger partial charge on any atom is 0.119 e. The smallest absolute Gasteiger partial charge is 0.119 e. The molecule has 0 saturated carbocycles. The summed E-state index contributed by atoms with van der Waals surface area (Å²) >= 11 is 3.49. The highest BCUT2D eigenvalue weighted by atomic mass is 79.9. The van der Waals surface area contributed by atoms with Crippen LogP contribution in [0.3, 0.4) is 0 Å². The monoisotopic (exact) mass is 312 g/mol.